The standard InChI is InChI=1S/C21H32N6O7/c1-12(2)34-18(31)8-14(22)20(32)26-10-16(29)24-11-17(30)27-19(13-6-4-3-5-7-13)21(33)25-9-15(23)28/h3-7,12,14-15,19,28H,8-11,22-23H2,1-2H3,(H,24,29)(H,25,33)(H,26,32)(H,27,30)/t14?,15?,19-/m0/s1. The molecule has 34 heavy (non-hydrogen) atoms. The van der Waals surface area contributed by atoms with Gasteiger partial charge in [-0.2, -0.15) is 0 Å². The van der Waals surface area contributed by atoms with Crippen LogP contribution in [0.2, 0.25) is 0 Å². The van der Waals surface area contributed by atoms with Crippen molar-refractivity contribution in [1.29, 1.82) is 0 Å². The first-order valence-corrected chi connectivity index (χ1v) is 10.5. The van der Waals surface area contributed by atoms with Crippen LogP contribution in [0.4, 0.5) is 0 Å². The minimum atomic E-state index is -1.26. The van der Waals surface area contributed by atoms with Crippen LogP contribution in [0.25, 0.3) is 0 Å². The minimum Gasteiger partial charge on any atom is -0.463 e. The average molecular weight is 481 g/mol. The van der Waals surface area contributed by atoms with Gasteiger partial charge in [0.2, 0.25) is 23.6 Å². The van der Waals surface area contributed by atoms with E-state index in [0.29, 0.717) is 5.56 Å². The third-order valence-electron chi connectivity index (χ3n) is 4.15. The summed E-state index contributed by atoms with van der Waals surface area (Å²) in [5.41, 5.74) is 11.3. The molecular formula is C21H32N6O7. The van der Waals surface area contributed by atoms with Crippen molar-refractivity contribution in [3.8, 4) is 0 Å². The Balaban J connectivity index is 2.52. The normalized spacial score (nSPS) is 13.2. The second-order valence-electron chi connectivity index (χ2n) is 7.57. The highest BCUT2D eigenvalue weighted by atomic mass is 16.5. The van der Waals surface area contributed by atoms with Crippen LogP contribution in [0.5, 0.6) is 0 Å². The number of ether oxygens (including phenoxy) is 1. The van der Waals surface area contributed by atoms with Gasteiger partial charge in [0.25, 0.3) is 0 Å². The average Bonchev–Trinajstić information content (AvgIpc) is 2.77. The fraction of sp³-hybridized carbons (Fsp3) is 0.476. The molecule has 0 aliphatic rings. The molecule has 2 unspecified atom stereocenters. The Bertz CT molecular complexity index is 847. The van der Waals surface area contributed by atoms with E-state index < -0.39 is 61.0 Å². The molecule has 0 spiro atoms. The lowest BCUT2D eigenvalue weighted by Gasteiger charge is -2.19. The lowest BCUT2D eigenvalue weighted by atomic mass is 10.1. The zero-order chi connectivity index (χ0) is 25.7. The molecular weight excluding hydrogens is 448 g/mol. The summed E-state index contributed by atoms with van der Waals surface area (Å²) >= 11 is 0. The van der Waals surface area contributed by atoms with Crippen molar-refractivity contribution in [2.75, 3.05) is 19.6 Å². The maximum Gasteiger partial charge on any atom is 0.308 e. The van der Waals surface area contributed by atoms with Crippen molar-refractivity contribution in [2.45, 2.75) is 44.7 Å². The Morgan fingerprint density at radius 1 is 0.912 bits per heavy atom. The van der Waals surface area contributed by atoms with Crippen molar-refractivity contribution in [3.63, 3.8) is 0 Å². The largest absolute Gasteiger partial charge is 0.463 e. The van der Waals surface area contributed by atoms with E-state index in [1.54, 1.807) is 44.2 Å². The fourth-order valence-corrected chi connectivity index (χ4v) is 2.59. The van der Waals surface area contributed by atoms with E-state index in [9.17, 15) is 24.0 Å². The minimum absolute atomic E-state index is 0.216. The van der Waals surface area contributed by atoms with Gasteiger partial charge in [-0.3, -0.25) is 24.0 Å². The Labute approximate surface area is 197 Å². The maximum absolute atomic E-state index is 12.4. The topological polar surface area (TPSA) is 215 Å². The van der Waals surface area contributed by atoms with Crippen molar-refractivity contribution < 1.29 is 33.8 Å². The Hall–Kier alpha value is -3.55. The number of carbonyl (C=O) groups is 5. The van der Waals surface area contributed by atoms with E-state index >= 15 is 0 Å². The molecule has 3 atom stereocenters. The number of nitrogens with two attached hydrogens (primary N) is 2. The molecule has 188 valence electrons. The molecule has 0 aliphatic carbocycles. The first-order chi connectivity index (χ1) is 16.0. The Kier molecular flexibility index (Phi) is 12.2. The fourth-order valence-electron chi connectivity index (χ4n) is 2.59. The van der Waals surface area contributed by atoms with Gasteiger partial charge in [-0.1, -0.05) is 30.3 Å². The summed E-state index contributed by atoms with van der Waals surface area (Å²) in [6, 6.07) is 6.05. The first kappa shape index (κ1) is 28.5. The number of rotatable bonds is 13. The van der Waals surface area contributed by atoms with Gasteiger partial charge in [-0.25, -0.2) is 0 Å². The zero-order valence-electron chi connectivity index (χ0n) is 19.1. The summed E-state index contributed by atoms with van der Waals surface area (Å²) < 4.78 is 4.90. The number of carbonyl (C=O) groups excluding carboxylic acids is 5. The monoisotopic (exact) mass is 480 g/mol. The first-order valence-electron chi connectivity index (χ1n) is 10.5. The van der Waals surface area contributed by atoms with Crippen LogP contribution >= 0.6 is 0 Å². The number of esters is 1. The second kappa shape index (κ2) is 14.6. The lowest BCUT2D eigenvalue weighted by molar-refractivity contribution is -0.149. The third-order valence-corrected chi connectivity index (χ3v) is 4.15. The van der Waals surface area contributed by atoms with Gasteiger partial charge in [-0.05, 0) is 19.4 Å². The summed E-state index contributed by atoms with van der Waals surface area (Å²) in [5.74, 6) is -3.34. The summed E-state index contributed by atoms with van der Waals surface area (Å²) in [5, 5.41) is 18.6. The summed E-state index contributed by atoms with van der Waals surface area (Å²) in [4.78, 5) is 60.1. The number of hydrogen-bond acceptors (Lipinski definition) is 9. The molecule has 9 N–H and O–H groups in total. The molecule has 1 aromatic carbocycles. The van der Waals surface area contributed by atoms with E-state index in [1.165, 1.54) is 0 Å². The highest BCUT2D eigenvalue weighted by Crippen LogP contribution is 2.12. The molecule has 0 saturated heterocycles. The van der Waals surface area contributed by atoms with Gasteiger partial charge in [0.15, 0.2) is 0 Å². The van der Waals surface area contributed by atoms with Crippen LogP contribution in [-0.2, 0) is 28.7 Å². The Morgan fingerprint density at radius 3 is 2.12 bits per heavy atom. The highest BCUT2D eigenvalue weighted by molar-refractivity contribution is 5.93. The van der Waals surface area contributed by atoms with E-state index in [4.69, 9.17) is 21.3 Å². The molecule has 0 fully saturated rings. The van der Waals surface area contributed by atoms with E-state index in [-0.39, 0.29) is 19.1 Å². The molecule has 1 rings (SSSR count). The second-order valence-corrected chi connectivity index (χ2v) is 7.57. The molecule has 0 aliphatic heterocycles. The maximum atomic E-state index is 12.4. The van der Waals surface area contributed by atoms with E-state index in [0.717, 1.165) is 0 Å². The van der Waals surface area contributed by atoms with E-state index in [2.05, 4.69) is 21.3 Å². The molecule has 0 heterocycles. The number of aliphatic hydroxyl groups is 1. The predicted octanol–water partition coefficient (Wildman–Crippen LogP) is -2.86. The van der Waals surface area contributed by atoms with E-state index in [1.807, 2.05) is 0 Å². The molecule has 13 heteroatoms. The quantitative estimate of drug-likeness (QED) is 0.114. The van der Waals surface area contributed by atoms with Crippen molar-refractivity contribution in [2.24, 2.45) is 11.5 Å². The summed E-state index contributed by atoms with van der Waals surface area (Å²) in [6.07, 6.45) is -1.96. The molecule has 4 amide bonds. The SMILES string of the molecule is CC(C)OC(=O)CC(N)C(=O)NCC(=O)NCC(=O)N[C@H](C(=O)NCC(N)O)c1ccccc1. The van der Waals surface area contributed by atoms with Crippen LogP contribution in [0.3, 0.4) is 0 Å². The molecule has 13 nitrogen and oxygen atoms in total. The smallest absolute Gasteiger partial charge is 0.308 e. The molecule has 1 aromatic rings. The molecule has 0 radical (unpaired) electrons. The number of nitrogens with one attached hydrogen (secondary N) is 4. The van der Waals surface area contributed by atoms with Crippen molar-refractivity contribution in [3.05, 3.63) is 35.9 Å². The zero-order valence-corrected chi connectivity index (χ0v) is 19.1. The van der Waals surface area contributed by atoms with Gasteiger partial charge in [-0.15, -0.1) is 0 Å². The van der Waals surface area contributed by atoms with Crippen LogP contribution in [-0.4, -0.2) is 72.7 Å². The van der Waals surface area contributed by atoms with Gasteiger partial charge in [0.05, 0.1) is 38.2 Å². The van der Waals surface area contributed by atoms with Crippen LogP contribution in [0.1, 0.15) is 31.9 Å². The molecule has 0 bridgehead atoms. The molecule has 0 saturated carbocycles. The highest BCUT2D eigenvalue weighted by Gasteiger charge is 2.23. The third kappa shape index (κ3) is 11.4. The van der Waals surface area contributed by atoms with Crippen molar-refractivity contribution in [1.82, 2.24) is 21.3 Å². The number of benzene rings is 1. The Morgan fingerprint density at radius 2 is 1.53 bits per heavy atom. The van der Waals surface area contributed by atoms with Crippen molar-refractivity contribution >= 4 is 29.6 Å². The van der Waals surface area contributed by atoms with Crippen LogP contribution < -0.4 is 32.7 Å². The number of amides is 4. The van der Waals surface area contributed by atoms with Gasteiger partial charge < -0.3 is 42.6 Å². The van der Waals surface area contributed by atoms with Gasteiger partial charge in [0, 0.05) is 0 Å². The van der Waals surface area contributed by atoms with Gasteiger partial charge in [0.1, 0.15) is 12.3 Å². The summed E-state index contributed by atoms with van der Waals surface area (Å²) in [6.45, 7) is 2.14. The lowest BCUT2D eigenvalue weighted by Crippen LogP contribution is -2.48. The molecule has 0 aromatic heterocycles. The predicted molar refractivity (Wildman–Crippen MR) is 120 cm³/mol. The number of aliphatic hydroxyl groups excluding tert-OH is 1. The van der Waals surface area contributed by atoms with Crippen LogP contribution in [0.15, 0.2) is 30.3 Å². The summed E-state index contributed by atoms with van der Waals surface area (Å²) in [7, 11) is 0. The number of hydrogen-bond donors (Lipinski definition) is 7. The van der Waals surface area contributed by atoms with Crippen LogP contribution in [0, 0.1) is 0 Å². The van der Waals surface area contributed by atoms with Gasteiger partial charge >= 0.3 is 5.97 Å².